The summed E-state index contributed by atoms with van der Waals surface area (Å²) in [6, 6.07) is 1.90. The first-order valence-electron chi connectivity index (χ1n) is 8.46. The van der Waals surface area contributed by atoms with E-state index >= 15 is 0 Å². The lowest BCUT2D eigenvalue weighted by Gasteiger charge is -2.36. The monoisotopic (exact) mass is 305 g/mol. The topological polar surface area (TPSA) is 62.2 Å². The third-order valence-corrected chi connectivity index (χ3v) is 5.16. The van der Waals surface area contributed by atoms with E-state index in [1.54, 1.807) is 6.20 Å². The third kappa shape index (κ3) is 3.03. The highest BCUT2D eigenvalue weighted by Crippen LogP contribution is 2.27. The van der Waals surface area contributed by atoms with Gasteiger partial charge < -0.3 is 15.5 Å². The summed E-state index contributed by atoms with van der Waals surface area (Å²) in [7, 11) is 0. The molecule has 1 amide bonds. The molecule has 1 aromatic heterocycles. The van der Waals surface area contributed by atoms with Crippen LogP contribution in [0.3, 0.4) is 0 Å². The molecule has 22 heavy (non-hydrogen) atoms. The first-order valence-corrected chi connectivity index (χ1v) is 8.46. The van der Waals surface area contributed by atoms with Crippen LogP contribution in [0.5, 0.6) is 0 Å². The van der Waals surface area contributed by atoms with Crippen molar-refractivity contribution in [1.29, 1.82) is 0 Å². The lowest BCUT2D eigenvalue weighted by Crippen LogP contribution is -2.55. The Balaban J connectivity index is 1.63. The van der Waals surface area contributed by atoms with Crippen LogP contribution in [0.25, 0.3) is 0 Å². The fourth-order valence-electron chi connectivity index (χ4n) is 3.69. The molecular formula is C16H27N5O. The van der Waals surface area contributed by atoms with Gasteiger partial charge in [0.2, 0.25) is 5.91 Å². The minimum atomic E-state index is -0.516. The number of amides is 1. The van der Waals surface area contributed by atoms with Crippen molar-refractivity contribution in [3.8, 4) is 0 Å². The summed E-state index contributed by atoms with van der Waals surface area (Å²) in [5, 5.41) is 10.9. The summed E-state index contributed by atoms with van der Waals surface area (Å²) in [4.78, 5) is 15.4. The van der Waals surface area contributed by atoms with E-state index in [0.717, 1.165) is 52.1 Å². The van der Waals surface area contributed by atoms with Crippen LogP contribution in [-0.4, -0.2) is 59.9 Å². The Bertz CT molecular complexity index is 481. The molecule has 1 atom stereocenters. The van der Waals surface area contributed by atoms with E-state index in [2.05, 4.69) is 27.6 Å². The normalized spacial score (nSPS) is 25.2. The highest BCUT2D eigenvalue weighted by Gasteiger charge is 2.42. The summed E-state index contributed by atoms with van der Waals surface area (Å²) in [6.45, 7) is 8.07. The smallest absolute Gasteiger partial charge is 0.248 e. The first-order chi connectivity index (χ1) is 10.7. The molecule has 0 saturated carbocycles. The minimum absolute atomic E-state index is 0.132. The molecule has 2 fully saturated rings. The van der Waals surface area contributed by atoms with Gasteiger partial charge in [0.1, 0.15) is 5.54 Å². The molecule has 2 N–H and O–H groups in total. The van der Waals surface area contributed by atoms with Crippen molar-refractivity contribution in [3.63, 3.8) is 0 Å². The third-order valence-electron chi connectivity index (χ3n) is 5.16. The second-order valence-corrected chi connectivity index (χ2v) is 6.49. The molecule has 3 heterocycles. The first kappa shape index (κ1) is 15.5. The van der Waals surface area contributed by atoms with Crippen LogP contribution in [0.2, 0.25) is 0 Å². The van der Waals surface area contributed by atoms with Crippen LogP contribution in [0.15, 0.2) is 18.5 Å². The second-order valence-electron chi connectivity index (χ2n) is 6.49. The zero-order valence-corrected chi connectivity index (χ0v) is 13.4. The number of nitrogens with zero attached hydrogens (tertiary/aromatic N) is 3. The maximum atomic E-state index is 12.9. The summed E-state index contributed by atoms with van der Waals surface area (Å²) in [5.74, 6) is 0.716. The number of piperidine rings is 1. The van der Waals surface area contributed by atoms with Crippen molar-refractivity contribution in [1.82, 2.24) is 25.3 Å². The lowest BCUT2D eigenvalue weighted by molar-refractivity contribution is -0.132. The summed E-state index contributed by atoms with van der Waals surface area (Å²) in [6.07, 6.45) is 6.45. The van der Waals surface area contributed by atoms with Crippen LogP contribution in [-0.2, 0) is 10.3 Å². The Morgan fingerprint density at radius 3 is 2.91 bits per heavy atom. The molecule has 0 aromatic carbocycles. The summed E-state index contributed by atoms with van der Waals surface area (Å²) in [5.41, 5.74) is -0.516. The highest BCUT2D eigenvalue weighted by atomic mass is 16.2. The van der Waals surface area contributed by atoms with Gasteiger partial charge in [0.15, 0.2) is 0 Å². The van der Waals surface area contributed by atoms with Crippen molar-refractivity contribution in [2.24, 2.45) is 5.92 Å². The Morgan fingerprint density at radius 1 is 1.45 bits per heavy atom. The second kappa shape index (κ2) is 6.79. The van der Waals surface area contributed by atoms with Gasteiger partial charge in [-0.2, -0.15) is 5.10 Å². The number of hydrogen-bond donors (Lipinski definition) is 2. The molecule has 2 aliphatic rings. The van der Waals surface area contributed by atoms with Crippen molar-refractivity contribution < 1.29 is 4.79 Å². The lowest BCUT2D eigenvalue weighted by atomic mass is 9.87. The summed E-state index contributed by atoms with van der Waals surface area (Å²) >= 11 is 0. The zero-order chi connectivity index (χ0) is 15.4. The quantitative estimate of drug-likeness (QED) is 0.828. The maximum absolute atomic E-state index is 12.9. The molecule has 6 nitrogen and oxygen atoms in total. The van der Waals surface area contributed by atoms with E-state index in [-0.39, 0.29) is 5.91 Å². The SMILES string of the molecule is CCN1CCC(CNC(=O)C2(n3cccn3)CCNCC2)C1. The number of rotatable bonds is 5. The van der Waals surface area contributed by atoms with Gasteiger partial charge in [0, 0.05) is 25.5 Å². The standard InChI is InChI=1S/C16H27N5O/c1-2-20-11-4-14(13-20)12-18-15(22)16(5-8-17-9-6-16)21-10-3-7-19-21/h3,7,10,14,17H,2,4-6,8-9,11-13H2,1H3,(H,18,22). The van der Waals surface area contributed by atoms with Crippen LogP contribution >= 0.6 is 0 Å². The molecule has 3 rings (SSSR count). The molecule has 0 radical (unpaired) electrons. The van der Waals surface area contributed by atoms with E-state index in [0.29, 0.717) is 5.92 Å². The van der Waals surface area contributed by atoms with E-state index in [9.17, 15) is 4.79 Å². The zero-order valence-electron chi connectivity index (χ0n) is 13.4. The van der Waals surface area contributed by atoms with Crippen molar-refractivity contribution in [2.45, 2.75) is 31.7 Å². The van der Waals surface area contributed by atoms with Gasteiger partial charge in [0.25, 0.3) is 0 Å². The number of likely N-dealkylation sites (tertiary alicyclic amines) is 1. The Labute approximate surface area is 132 Å². The molecule has 2 aliphatic heterocycles. The molecule has 2 saturated heterocycles. The van der Waals surface area contributed by atoms with E-state index in [1.165, 1.54) is 6.42 Å². The largest absolute Gasteiger partial charge is 0.354 e. The maximum Gasteiger partial charge on any atom is 0.248 e. The van der Waals surface area contributed by atoms with Gasteiger partial charge in [-0.1, -0.05) is 6.92 Å². The number of nitrogens with one attached hydrogen (secondary N) is 2. The average molecular weight is 305 g/mol. The number of carbonyl (C=O) groups excluding carboxylic acids is 1. The van der Waals surface area contributed by atoms with Gasteiger partial charge in [-0.3, -0.25) is 9.48 Å². The molecular weight excluding hydrogens is 278 g/mol. The van der Waals surface area contributed by atoms with Crippen molar-refractivity contribution >= 4 is 5.91 Å². The fourth-order valence-corrected chi connectivity index (χ4v) is 3.69. The molecule has 122 valence electrons. The van der Waals surface area contributed by atoms with Gasteiger partial charge in [-0.15, -0.1) is 0 Å². The van der Waals surface area contributed by atoms with Crippen LogP contribution in [0.1, 0.15) is 26.2 Å². The van der Waals surface area contributed by atoms with E-state index in [1.807, 2.05) is 16.9 Å². The van der Waals surface area contributed by atoms with Crippen LogP contribution in [0, 0.1) is 5.92 Å². The average Bonchev–Trinajstić information content (AvgIpc) is 3.24. The number of carbonyl (C=O) groups is 1. The van der Waals surface area contributed by atoms with Gasteiger partial charge in [-0.25, -0.2) is 0 Å². The molecule has 0 bridgehead atoms. The van der Waals surface area contributed by atoms with Crippen molar-refractivity contribution in [3.05, 3.63) is 18.5 Å². The molecule has 1 unspecified atom stereocenters. The molecule has 0 aliphatic carbocycles. The number of hydrogen-bond acceptors (Lipinski definition) is 4. The highest BCUT2D eigenvalue weighted by molar-refractivity contribution is 5.84. The van der Waals surface area contributed by atoms with E-state index in [4.69, 9.17) is 0 Å². The Hall–Kier alpha value is -1.40. The summed E-state index contributed by atoms with van der Waals surface area (Å²) < 4.78 is 1.86. The number of aromatic nitrogens is 2. The van der Waals surface area contributed by atoms with Gasteiger partial charge in [0.05, 0.1) is 0 Å². The predicted octanol–water partition coefficient (Wildman–Crippen LogP) is 0.420. The van der Waals surface area contributed by atoms with Crippen molar-refractivity contribution in [2.75, 3.05) is 39.3 Å². The minimum Gasteiger partial charge on any atom is -0.354 e. The molecule has 1 aromatic rings. The van der Waals surface area contributed by atoms with E-state index < -0.39 is 5.54 Å². The van der Waals surface area contributed by atoms with Gasteiger partial charge in [-0.05, 0) is 57.4 Å². The van der Waals surface area contributed by atoms with Crippen LogP contribution in [0.4, 0.5) is 0 Å². The molecule has 0 spiro atoms. The Morgan fingerprint density at radius 2 is 2.27 bits per heavy atom. The van der Waals surface area contributed by atoms with Gasteiger partial charge >= 0.3 is 0 Å². The van der Waals surface area contributed by atoms with Crippen LogP contribution < -0.4 is 10.6 Å². The fraction of sp³-hybridized carbons (Fsp3) is 0.750. The Kier molecular flexibility index (Phi) is 4.78. The predicted molar refractivity (Wildman–Crippen MR) is 85.5 cm³/mol. The molecule has 6 heteroatoms.